The van der Waals surface area contributed by atoms with Gasteiger partial charge in [-0.1, -0.05) is 36.4 Å². The molecule has 0 saturated heterocycles. The van der Waals surface area contributed by atoms with Gasteiger partial charge in [0.2, 0.25) is 5.91 Å². The van der Waals surface area contributed by atoms with Gasteiger partial charge in [-0.05, 0) is 18.2 Å². The van der Waals surface area contributed by atoms with Gasteiger partial charge in [0, 0.05) is 23.0 Å². The number of rotatable bonds is 3. The van der Waals surface area contributed by atoms with Gasteiger partial charge >= 0.3 is 0 Å². The fourth-order valence-corrected chi connectivity index (χ4v) is 3.02. The molecular formula is C18H17N3O2. The molecule has 0 aromatic heterocycles. The van der Waals surface area contributed by atoms with Crippen LogP contribution >= 0.6 is 0 Å². The second-order valence-corrected chi connectivity index (χ2v) is 5.63. The molecule has 0 fully saturated rings. The minimum absolute atomic E-state index is 0.0504. The molecule has 2 aliphatic heterocycles. The van der Waals surface area contributed by atoms with Crippen LogP contribution in [0.4, 0.5) is 5.69 Å². The van der Waals surface area contributed by atoms with Crippen molar-refractivity contribution in [2.45, 2.75) is 18.6 Å². The summed E-state index contributed by atoms with van der Waals surface area (Å²) >= 11 is 0. The summed E-state index contributed by atoms with van der Waals surface area (Å²) in [4.78, 5) is 12.3. The van der Waals surface area contributed by atoms with Gasteiger partial charge < -0.3 is 15.5 Å². The molecule has 23 heavy (non-hydrogen) atoms. The number of carbonyl (C=O) groups excluding carboxylic acids is 1. The molecule has 0 aliphatic carbocycles. The Morgan fingerprint density at radius 3 is 2.74 bits per heavy atom. The quantitative estimate of drug-likeness (QED) is 0.815. The molecule has 2 atom stereocenters. The highest BCUT2D eigenvalue weighted by atomic mass is 16.5. The van der Waals surface area contributed by atoms with E-state index in [0.717, 1.165) is 22.6 Å². The number of hydrogen-bond acceptors (Lipinski definition) is 4. The van der Waals surface area contributed by atoms with Crippen molar-refractivity contribution in [3.05, 3.63) is 71.9 Å². The lowest BCUT2D eigenvalue weighted by atomic mass is 9.91. The fourth-order valence-electron chi connectivity index (χ4n) is 3.02. The zero-order valence-corrected chi connectivity index (χ0v) is 12.5. The summed E-state index contributed by atoms with van der Waals surface area (Å²) in [6, 6.07) is 17.4. The third kappa shape index (κ3) is 2.66. The molecule has 1 amide bonds. The number of para-hydroxylation sites is 2. The van der Waals surface area contributed by atoms with Crippen molar-refractivity contribution in [3.63, 3.8) is 0 Å². The van der Waals surface area contributed by atoms with E-state index in [0.29, 0.717) is 0 Å². The molecule has 0 spiro atoms. The Bertz CT molecular complexity index is 758. The topological polar surface area (TPSA) is 62.4 Å². The molecule has 5 heteroatoms. The first-order valence-electron chi connectivity index (χ1n) is 7.63. The summed E-state index contributed by atoms with van der Waals surface area (Å²) in [6.07, 6.45) is 1.89. The van der Waals surface area contributed by atoms with E-state index in [2.05, 4.69) is 16.2 Å². The lowest BCUT2D eigenvalue weighted by molar-refractivity contribution is -0.117. The van der Waals surface area contributed by atoms with E-state index in [4.69, 9.17) is 4.74 Å². The van der Waals surface area contributed by atoms with Crippen LogP contribution in [0.3, 0.4) is 0 Å². The van der Waals surface area contributed by atoms with Crippen molar-refractivity contribution in [1.29, 1.82) is 0 Å². The van der Waals surface area contributed by atoms with Gasteiger partial charge in [-0.15, -0.1) is 0 Å². The predicted octanol–water partition coefficient (Wildman–Crippen LogP) is 2.51. The number of anilines is 1. The van der Waals surface area contributed by atoms with Crippen LogP contribution in [-0.2, 0) is 4.79 Å². The fraction of sp³-hybridized carbons (Fsp3) is 0.167. The Hall–Kier alpha value is -2.79. The average molecular weight is 307 g/mol. The van der Waals surface area contributed by atoms with Gasteiger partial charge in [0.1, 0.15) is 11.9 Å². The van der Waals surface area contributed by atoms with Gasteiger partial charge in [0.15, 0.2) is 0 Å². The summed E-state index contributed by atoms with van der Waals surface area (Å²) in [5.41, 5.74) is 9.18. The third-order valence-electron chi connectivity index (χ3n) is 4.10. The summed E-state index contributed by atoms with van der Waals surface area (Å²) < 4.78 is 6.05. The van der Waals surface area contributed by atoms with Crippen LogP contribution < -0.4 is 20.9 Å². The second kappa shape index (κ2) is 5.78. The van der Waals surface area contributed by atoms with E-state index in [-0.39, 0.29) is 24.5 Å². The number of benzene rings is 2. The van der Waals surface area contributed by atoms with Crippen molar-refractivity contribution >= 4 is 11.6 Å². The number of nitrogens with one attached hydrogen (secondary N) is 3. The highest BCUT2D eigenvalue weighted by Crippen LogP contribution is 2.40. The molecule has 4 rings (SSSR count). The lowest BCUT2D eigenvalue weighted by Crippen LogP contribution is -2.35. The molecule has 2 heterocycles. The van der Waals surface area contributed by atoms with Crippen LogP contribution in [0.15, 0.2) is 66.4 Å². The highest BCUT2D eigenvalue weighted by Gasteiger charge is 2.36. The van der Waals surface area contributed by atoms with Crippen LogP contribution in [-0.4, -0.2) is 12.0 Å². The molecule has 5 nitrogen and oxygen atoms in total. The van der Waals surface area contributed by atoms with Crippen molar-refractivity contribution in [1.82, 2.24) is 10.9 Å². The molecule has 2 aromatic carbocycles. The van der Waals surface area contributed by atoms with Gasteiger partial charge in [-0.2, -0.15) is 0 Å². The maximum Gasteiger partial charge on any atom is 0.228 e. The number of hydrogen-bond donors (Lipinski definition) is 3. The molecule has 0 saturated carbocycles. The Kier molecular flexibility index (Phi) is 3.48. The average Bonchev–Trinajstić information content (AvgIpc) is 3.06. The van der Waals surface area contributed by atoms with Crippen LogP contribution in [0.25, 0.3) is 0 Å². The summed E-state index contributed by atoms with van der Waals surface area (Å²) in [5, 5.41) is 2.91. The maximum atomic E-state index is 12.3. The zero-order valence-electron chi connectivity index (χ0n) is 12.5. The number of amides is 1. The first kappa shape index (κ1) is 13.8. The molecular weight excluding hydrogens is 290 g/mol. The summed E-state index contributed by atoms with van der Waals surface area (Å²) in [7, 11) is 0. The molecule has 3 N–H and O–H groups in total. The Morgan fingerprint density at radius 1 is 1.09 bits per heavy atom. The zero-order chi connectivity index (χ0) is 15.6. The number of carbonyl (C=O) groups is 1. The van der Waals surface area contributed by atoms with Crippen LogP contribution in [0.1, 0.15) is 18.0 Å². The third-order valence-corrected chi connectivity index (χ3v) is 4.10. The summed E-state index contributed by atoms with van der Waals surface area (Å²) in [6.45, 7) is 0. The van der Waals surface area contributed by atoms with Gasteiger partial charge in [0.25, 0.3) is 0 Å². The standard InChI is InChI=1S/C18H17N3O2/c22-17(20-12-6-2-1-3-7-12)10-16-14-11-19-21-18(14)13-8-4-5-9-15(13)23-16/h1-9,11,16,18-19,21H,10H2,(H,20,22). The van der Waals surface area contributed by atoms with E-state index < -0.39 is 0 Å². The second-order valence-electron chi connectivity index (χ2n) is 5.63. The lowest BCUT2D eigenvalue weighted by Gasteiger charge is -2.31. The van der Waals surface area contributed by atoms with E-state index >= 15 is 0 Å². The largest absolute Gasteiger partial charge is 0.485 e. The first-order chi connectivity index (χ1) is 11.3. The van der Waals surface area contributed by atoms with Crippen molar-refractivity contribution in [2.75, 3.05) is 5.32 Å². The molecule has 116 valence electrons. The minimum Gasteiger partial charge on any atom is -0.485 e. The van der Waals surface area contributed by atoms with E-state index in [9.17, 15) is 4.79 Å². The van der Waals surface area contributed by atoms with Crippen LogP contribution in [0.5, 0.6) is 5.75 Å². The Morgan fingerprint density at radius 2 is 1.87 bits per heavy atom. The van der Waals surface area contributed by atoms with Gasteiger partial charge in [-0.25, -0.2) is 5.43 Å². The summed E-state index contributed by atoms with van der Waals surface area (Å²) in [5.74, 6) is 0.760. The molecule has 0 bridgehead atoms. The molecule has 2 aliphatic rings. The molecule has 2 aromatic rings. The van der Waals surface area contributed by atoms with Gasteiger partial charge in [-0.3, -0.25) is 4.79 Å². The van der Waals surface area contributed by atoms with Crippen molar-refractivity contribution in [3.8, 4) is 5.75 Å². The first-order valence-corrected chi connectivity index (χ1v) is 7.63. The van der Waals surface area contributed by atoms with E-state index in [1.165, 1.54) is 0 Å². The minimum atomic E-state index is -0.277. The van der Waals surface area contributed by atoms with Gasteiger partial charge in [0.05, 0.1) is 12.5 Å². The van der Waals surface area contributed by atoms with Crippen molar-refractivity contribution in [2.24, 2.45) is 0 Å². The SMILES string of the molecule is O=C(CC1Oc2ccccc2C2NNC=C12)Nc1ccccc1. The predicted molar refractivity (Wildman–Crippen MR) is 87.6 cm³/mol. The number of hydrazine groups is 1. The normalized spacial score (nSPS) is 21.3. The molecule has 2 unspecified atom stereocenters. The highest BCUT2D eigenvalue weighted by molar-refractivity contribution is 5.91. The van der Waals surface area contributed by atoms with Crippen molar-refractivity contribution < 1.29 is 9.53 Å². The maximum absolute atomic E-state index is 12.3. The molecule has 0 radical (unpaired) electrons. The number of fused-ring (bicyclic) bond motifs is 3. The van der Waals surface area contributed by atoms with E-state index in [1.807, 2.05) is 60.8 Å². The van der Waals surface area contributed by atoms with E-state index in [1.54, 1.807) is 0 Å². The monoisotopic (exact) mass is 307 g/mol. The van der Waals surface area contributed by atoms with Crippen LogP contribution in [0.2, 0.25) is 0 Å². The Labute approximate surface area is 134 Å². The van der Waals surface area contributed by atoms with Crippen LogP contribution in [0, 0.1) is 0 Å². The smallest absolute Gasteiger partial charge is 0.228 e. The number of ether oxygens (including phenoxy) is 1. The Balaban J connectivity index is 1.52.